The molecule has 4 heterocycles. The lowest BCUT2D eigenvalue weighted by atomic mass is 9.94. The minimum atomic E-state index is -0.467. The quantitative estimate of drug-likeness (QED) is 0.375. The van der Waals surface area contributed by atoms with E-state index in [1.807, 2.05) is 40.1 Å². The van der Waals surface area contributed by atoms with E-state index in [-0.39, 0.29) is 6.09 Å². The minimum Gasteiger partial charge on any atom is -0.444 e. The average molecular weight is 472 g/mol. The second-order valence-electron chi connectivity index (χ2n) is 9.39. The molecule has 0 N–H and O–H groups in total. The zero-order valence-corrected chi connectivity index (χ0v) is 20.2. The first-order valence-corrected chi connectivity index (χ1v) is 12.0. The minimum absolute atomic E-state index is 0.226. The van der Waals surface area contributed by atoms with Gasteiger partial charge >= 0.3 is 6.09 Å². The Bertz CT molecular complexity index is 1280. The van der Waals surface area contributed by atoms with Crippen LogP contribution in [0.1, 0.15) is 45.2 Å². The van der Waals surface area contributed by atoms with Gasteiger partial charge in [0.15, 0.2) is 4.96 Å². The maximum Gasteiger partial charge on any atom is 0.410 e. The smallest absolute Gasteiger partial charge is 0.410 e. The van der Waals surface area contributed by atoms with Crippen molar-refractivity contribution in [2.45, 2.75) is 45.1 Å². The molecule has 32 heavy (non-hydrogen) atoms. The van der Waals surface area contributed by atoms with Crippen molar-refractivity contribution in [3.05, 3.63) is 41.4 Å². The number of halogens is 1. The van der Waals surface area contributed by atoms with Crippen LogP contribution < -0.4 is 0 Å². The van der Waals surface area contributed by atoms with Crippen LogP contribution in [0.3, 0.4) is 0 Å². The highest BCUT2D eigenvalue weighted by Gasteiger charge is 2.28. The van der Waals surface area contributed by atoms with Gasteiger partial charge < -0.3 is 9.64 Å². The van der Waals surface area contributed by atoms with Gasteiger partial charge in [0.1, 0.15) is 11.1 Å². The molecule has 0 atom stereocenters. The molecule has 0 spiro atoms. The van der Waals surface area contributed by atoms with Crippen LogP contribution in [0.15, 0.2) is 30.7 Å². The van der Waals surface area contributed by atoms with Gasteiger partial charge in [0, 0.05) is 50.0 Å². The van der Waals surface area contributed by atoms with E-state index in [1.165, 1.54) is 0 Å². The predicted molar refractivity (Wildman–Crippen MR) is 128 cm³/mol. The van der Waals surface area contributed by atoms with Crippen LogP contribution in [-0.2, 0) is 11.8 Å². The second kappa shape index (κ2) is 7.78. The first-order chi connectivity index (χ1) is 15.2. The fourth-order valence-electron chi connectivity index (χ4n) is 4.18. The van der Waals surface area contributed by atoms with E-state index in [1.54, 1.807) is 20.9 Å². The lowest BCUT2D eigenvalue weighted by Gasteiger charge is -2.32. The van der Waals surface area contributed by atoms with E-state index in [0.29, 0.717) is 24.0 Å². The third-order valence-corrected chi connectivity index (χ3v) is 7.03. The topological polar surface area (TPSA) is 64.7 Å². The monoisotopic (exact) mass is 471 g/mol. The Kier molecular flexibility index (Phi) is 5.17. The first-order valence-electron chi connectivity index (χ1n) is 10.8. The van der Waals surface area contributed by atoms with Crippen LogP contribution in [-0.4, -0.2) is 48.8 Å². The molecule has 7 nitrogen and oxygen atoms in total. The predicted octanol–water partition coefficient (Wildman–Crippen LogP) is 5.72. The molecule has 0 bridgehead atoms. The molecule has 1 fully saturated rings. The summed E-state index contributed by atoms with van der Waals surface area (Å²) in [6.45, 7) is 7.07. The molecule has 168 valence electrons. The van der Waals surface area contributed by atoms with Gasteiger partial charge in [-0.05, 0) is 51.3 Å². The number of thiazole rings is 1. The molecule has 9 heteroatoms. The van der Waals surface area contributed by atoms with E-state index < -0.39 is 5.60 Å². The number of hydrogen-bond acceptors (Lipinski definition) is 5. The summed E-state index contributed by atoms with van der Waals surface area (Å²) in [6, 6.07) is 4.09. The van der Waals surface area contributed by atoms with Crippen molar-refractivity contribution in [2.24, 2.45) is 7.05 Å². The maximum absolute atomic E-state index is 12.3. The second-order valence-corrected chi connectivity index (χ2v) is 10.8. The van der Waals surface area contributed by atoms with Gasteiger partial charge in [-0.25, -0.2) is 9.78 Å². The third-order valence-electron chi connectivity index (χ3n) is 5.70. The van der Waals surface area contributed by atoms with Crippen LogP contribution in [0.2, 0.25) is 5.02 Å². The van der Waals surface area contributed by atoms with Crippen LogP contribution in [0, 0.1) is 0 Å². The van der Waals surface area contributed by atoms with Crippen LogP contribution in [0.4, 0.5) is 4.79 Å². The molecule has 1 amide bonds. The van der Waals surface area contributed by atoms with E-state index in [0.717, 1.165) is 44.8 Å². The van der Waals surface area contributed by atoms with Gasteiger partial charge in [0.05, 0.1) is 15.6 Å². The number of benzene rings is 1. The van der Waals surface area contributed by atoms with Crippen molar-refractivity contribution in [1.82, 2.24) is 24.1 Å². The number of ether oxygens (including phenoxy) is 1. The van der Waals surface area contributed by atoms with Crippen molar-refractivity contribution in [3.8, 4) is 10.4 Å². The third kappa shape index (κ3) is 4.09. The number of rotatable bonds is 2. The van der Waals surface area contributed by atoms with Gasteiger partial charge in [-0.1, -0.05) is 22.9 Å². The Morgan fingerprint density at radius 1 is 1.19 bits per heavy atom. The molecule has 1 aliphatic heterocycles. The van der Waals surface area contributed by atoms with Crippen molar-refractivity contribution >= 4 is 44.9 Å². The van der Waals surface area contributed by atoms with Gasteiger partial charge in [-0.15, -0.1) is 0 Å². The number of imidazole rings is 1. The molecule has 0 unspecified atom stereocenters. The SMILES string of the molecule is Cn1cc2cc(-c3cn4cc(C5CCN(C(=O)OC(C)(C)C)CC5)nc4s3)cc(Cl)c2n1. The van der Waals surface area contributed by atoms with Crippen LogP contribution in [0.25, 0.3) is 26.3 Å². The zero-order chi connectivity index (χ0) is 22.6. The summed E-state index contributed by atoms with van der Waals surface area (Å²) >= 11 is 8.12. The average Bonchev–Trinajstić information content (AvgIpc) is 3.39. The summed E-state index contributed by atoms with van der Waals surface area (Å²) < 4.78 is 9.37. The molecule has 0 aliphatic carbocycles. The molecule has 5 rings (SSSR count). The van der Waals surface area contributed by atoms with E-state index >= 15 is 0 Å². The Morgan fingerprint density at radius 3 is 2.62 bits per heavy atom. The lowest BCUT2D eigenvalue weighted by Crippen LogP contribution is -2.41. The summed E-state index contributed by atoms with van der Waals surface area (Å²) in [6.07, 6.45) is 7.77. The fourth-order valence-corrected chi connectivity index (χ4v) is 5.41. The molecule has 0 saturated carbocycles. The van der Waals surface area contributed by atoms with E-state index in [2.05, 4.69) is 28.0 Å². The van der Waals surface area contributed by atoms with Gasteiger partial charge in [-0.2, -0.15) is 5.10 Å². The number of carbonyl (C=O) groups excluding carboxylic acids is 1. The van der Waals surface area contributed by atoms with E-state index in [4.69, 9.17) is 21.3 Å². The van der Waals surface area contributed by atoms with Crippen LogP contribution >= 0.6 is 22.9 Å². The number of amides is 1. The van der Waals surface area contributed by atoms with Crippen LogP contribution in [0.5, 0.6) is 0 Å². The Hall–Kier alpha value is -2.58. The molecule has 1 aromatic carbocycles. The summed E-state index contributed by atoms with van der Waals surface area (Å²) in [5.41, 5.74) is 2.51. The molecule has 3 aromatic heterocycles. The zero-order valence-electron chi connectivity index (χ0n) is 18.6. The molecule has 1 saturated heterocycles. The molecular weight excluding hydrogens is 446 g/mol. The highest BCUT2D eigenvalue weighted by atomic mass is 35.5. The maximum atomic E-state index is 12.3. The summed E-state index contributed by atoms with van der Waals surface area (Å²) in [7, 11) is 1.90. The van der Waals surface area contributed by atoms with Gasteiger partial charge in [0.25, 0.3) is 0 Å². The summed E-state index contributed by atoms with van der Waals surface area (Å²) in [5, 5.41) is 6.10. The fraction of sp³-hybridized carbons (Fsp3) is 0.435. The number of hydrogen-bond donors (Lipinski definition) is 0. The number of piperidine rings is 1. The van der Waals surface area contributed by atoms with Crippen molar-refractivity contribution in [2.75, 3.05) is 13.1 Å². The Labute approximate surface area is 195 Å². The standard InChI is InChI=1S/C23H26ClN5O2S/c1-23(2,3)31-22(30)28-7-5-14(6-8-28)18-12-29-13-19(32-21(29)25-18)15-9-16-11-27(4)26-20(16)17(24)10-15/h9-14H,5-8H2,1-4H3. The largest absolute Gasteiger partial charge is 0.444 e. The Balaban J connectivity index is 1.31. The molecule has 4 aromatic rings. The number of likely N-dealkylation sites (tertiary alicyclic amines) is 1. The highest BCUT2D eigenvalue weighted by Crippen LogP contribution is 2.36. The van der Waals surface area contributed by atoms with Crippen molar-refractivity contribution in [3.63, 3.8) is 0 Å². The van der Waals surface area contributed by atoms with Crippen molar-refractivity contribution in [1.29, 1.82) is 0 Å². The Morgan fingerprint density at radius 2 is 1.94 bits per heavy atom. The highest BCUT2D eigenvalue weighted by molar-refractivity contribution is 7.20. The number of aryl methyl sites for hydroxylation is 1. The molecular formula is C23H26ClN5O2S. The molecule has 0 radical (unpaired) electrons. The van der Waals surface area contributed by atoms with Gasteiger partial charge in [0.2, 0.25) is 0 Å². The van der Waals surface area contributed by atoms with E-state index in [9.17, 15) is 4.79 Å². The van der Waals surface area contributed by atoms with Gasteiger partial charge in [-0.3, -0.25) is 9.08 Å². The summed E-state index contributed by atoms with van der Waals surface area (Å²) in [4.78, 5) is 21.1. The van der Waals surface area contributed by atoms with Crippen molar-refractivity contribution < 1.29 is 9.53 Å². The number of aromatic nitrogens is 4. The molecule has 1 aliphatic rings. The lowest BCUT2D eigenvalue weighted by molar-refractivity contribution is 0.0204. The normalized spacial score (nSPS) is 15.7. The summed E-state index contributed by atoms with van der Waals surface area (Å²) in [5.74, 6) is 0.352. The first kappa shape index (κ1) is 21.3. The number of carbonyl (C=O) groups is 1. The number of fused-ring (bicyclic) bond motifs is 2. The number of nitrogens with zero attached hydrogens (tertiary/aromatic N) is 5.